The van der Waals surface area contributed by atoms with Crippen LogP contribution < -0.4 is 0 Å². The van der Waals surface area contributed by atoms with Crippen molar-refractivity contribution >= 4 is 11.6 Å². The number of aliphatic hydroxyl groups excluding tert-OH is 1. The van der Waals surface area contributed by atoms with E-state index >= 15 is 4.39 Å². The first-order chi connectivity index (χ1) is 18.5. The van der Waals surface area contributed by atoms with E-state index in [1.807, 2.05) is 6.92 Å². The number of hydrogen-bond acceptors (Lipinski definition) is 8. The second kappa shape index (κ2) is 11.4. The zero-order chi connectivity index (χ0) is 28.5. The van der Waals surface area contributed by atoms with Gasteiger partial charge in [-0.1, -0.05) is 30.6 Å². The van der Waals surface area contributed by atoms with Crippen LogP contribution in [0.3, 0.4) is 0 Å². The molecule has 8 atom stereocenters. The second-order valence-electron chi connectivity index (χ2n) is 11.8. The van der Waals surface area contributed by atoms with Gasteiger partial charge in [-0.05, 0) is 62.1 Å². The molecule has 0 aromatic rings. The average Bonchev–Trinajstić information content (AvgIpc) is 3.10. The van der Waals surface area contributed by atoms with Crippen molar-refractivity contribution < 1.29 is 38.4 Å². The zero-order valence-corrected chi connectivity index (χ0v) is 23.0. The average molecular weight is 550 g/mol. The molecule has 4 aliphatic rings. The number of aliphatic hydroxyl groups is 2. The number of halogens is 1. The lowest BCUT2D eigenvalue weighted by Crippen LogP contribution is -2.69. The molecule has 4 aliphatic carbocycles. The molecule has 0 saturated heterocycles. The summed E-state index contributed by atoms with van der Waals surface area (Å²) >= 11 is 0. The fourth-order valence-corrected chi connectivity index (χ4v) is 8.01. The van der Waals surface area contributed by atoms with Crippen molar-refractivity contribution in [3.63, 3.8) is 0 Å². The monoisotopic (exact) mass is 549 g/mol. The van der Waals surface area contributed by atoms with Gasteiger partial charge in [-0.25, -0.2) is 4.39 Å². The number of rotatable bonds is 12. The van der Waals surface area contributed by atoms with Crippen LogP contribution in [-0.4, -0.2) is 85.3 Å². The van der Waals surface area contributed by atoms with Crippen LogP contribution in [0.15, 0.2) is 28.9 Å². The van der Waals surface area contributed by atoms with E-state index in [1.54, 1.807) is 19.9 Å². The van der Waals surface area contributed by atoms with Gasteiger partial charge in [-0.2, -0.15) is 0 Å². The van der Waals surface area contributed by atoms with E-state index in [9.17, 15) is 19.8 Å². The molecular formula is C28H40FN3O7. The van der Waals surface area contributed by atoms with Crippen LogP contribution in [0.4, 0.5) is 4.39 Å². The molecule has 0 radical (unpaired) electrons. The summed E-state index contributed by atoms with van der Waals surface area (Å²) in [7, 11) is 0. The molecule has 0 bridgehead atoms. The van der Waals surface area contributed by atoms with E-state index in [2.05, 4.69) is 10.0 Å². The Bertz CT molecular complexity index is 1080. The lowest BCUT2D eigenvalue weighted by atomic mass is 9.44. The molecule has 0 heterocycles. The fourth-order valence-electron chi connectivity index (χ4n) is 8.01. The minimum Gasteiger partial charge on any atom is -0.390 e. The van der Waals surface area contributed by atoms with Crippen LogP contribution in [0, 0.1) is 28.6 Å². The third-order valence-electron chi connectivity index (χ3n) is 10.0. The van der Waals surface area contributed by atoms with Gasteiger partial charge >= 0.3 is 0 Å². The lowest BCUT2D eigenvalue weighted by Gasteiger charge is -2.62. The largest absolute Gasteiger partial charge is 0.390 e. The summed E-state index contributed by atoms with van der Waals surface area (Å²) < 4.78 is 33.4. The van der Waals surface area contributed by atoms with E-state index in [0.29, 0.717) is 44.7 Å². The molecule has 39 heavy (non-hydrogen) atoms. The van der Waals surface area contributed by atoms with Crippen molar-refractivity contribution in [3.05, 3.63) is 34.2 Å². The van der Waals surface area contributed by atoms with Crippen molar-refractivity contribution in [1.82, 2.24) is 0 Å². The third kappa shape index (κ3) is 4.77. The maximum Gasteiger partial charge on any atom is 0.190 e. The summed E-state index contributed by atoms with van der Waals surface area (Å²) in [4.78, 5) is 28.1. The first-order valence-electron chi connectivity index (χ1n) is 13.8. The SMILES string of the molecule is C[C@@H]1C[C@H]2[C@@H]3CCC4=CC(=O)C=C[C@]4(C)C3(F)[C@@H](O)C[C@]2(C)[C@@]1(O)C(=O)COCCOCCOCCN=[N+]=[N-]. The Labute approximate surface area is 228 Å². The number of ketones is 2. The van der Waals surface area contributed by atoms with Crippen molar-refractivity contribution in [2.24, 2.45) is 33.7 Å². The molecule has 0 aromatic carbocycles. The Kier molecular flexibility index (Phi) is 8.71. The van der Waals surface area contributed by atoms with E-state index in [1.165, 1.54) is 12.2 Å². The standard InChI is InChI=1S/C28H40FN3O7/c1-18-14-22-21-5-4-19-15-20(33)6-7-25(19,2)27(21,29)23(34)16-26(22,3)28(18,36)24(35)17-39-13-12-38-11-10-37-9-8-31-32-30/h6-7,15,18,21-23,34,36H,4-5,8-14,16-17H2,1-3H3/t18-,21+,22+,23+,25+,26+,27?,28+/m1/s1. The molecule has 0 spiro atoms. The van der Waals surface area contributed by atoms with Crippen LogP contribution >= 0.6 is 0 Å². The van der Waals surface area contributed by atoms with Gasteiger partial charge in [0.25, 0.3) is 0 Å². The molecule has 2 N–H and O–H groups in total. The Morgan fingerprint density at radius 3 is 2.54 bits per heavy atom. The topological polar surface area (TPSA) is 151 Å². The highest BCUT2D eigenvalue weighted by Gasteiger charge is 2.75. The quantitative estimate of drug-likeness (QED) is 0.164. The number of hydrogen-bond donors (Lipinski definition) is 2. The summed E-state index contributed by atoms with van der Waals surface area (Å²) in [6.07, 6.45) is 4.43. The summed E-state index contributed by atoms with van der Waals surface area (Å²) in [5.41, 5.74) is 2.99. The van der Waals surface area contributed by atoms with E-state index in [4.69, 9.17) is 19.7 Å². The Hall–Kier alpha value is -2.14. The molecule has 0 aliphatic heterocycles. The van der Waals surface area contributed by atoms with E-state index in [0.717, 1.165) is 0 Å². The lowest BCUT2D eigenvalue weighted by molar-refractivity contribution is -0.220. The molecule has 216 valence electrons. The molecule has 4 rings (SSSR count). The highest BCUT2D eigenvalue weighted by molar-refractivity contribution is 6.01. The van der Waals surface area contributed by atoms with Gasteiger partial charge < -0.3 is 24.4 Å². The molecular weight excluding hydrogens is 509 g/mol. The maximum atomic E-state index is 17.2. The van der Waals surface area contributed by atoms with Crippen LogP contribution in [0.1, 0.15) is 46.5 Å². The van der Waals surface area contributed by atoms with Crippen LogP contribution in [0.2, 0.25) is 0 Å². The maximum absolute atomic E-state index is 17.2. The first kappa shape index (κ1) is 29.8. The summed E-state index contributed by atoms with van der Waals surface area (Å²) in [5.74, 6) is -1.97. The van der Waals surface area contributed by atoms with Crippen molar-refractivity contribution in [2.45, 2.75) is 63.8 Å². The van der Waals surface area contributed by atoms with Crippen LogP contribution in [0.5, 0.6) is 0 Å². The Morgan fingerprint density at radius 1 is 1.18 bits per heavy atom. The first-order valence-corrected chi connectivity index (χ1v) is 13.8. The van der Waals surface area contributed by atoms with Crippen LogP contribution in [0.25, 0.3) is 10.4 Å². The molecule has 0 aromatic heterocycles. The van der Waals surface area contributed by atoms with Crippen molar-refractivity contribution in [2.75, 3.05) is 46.2 Å². The number of carbonyl (C=O) groups is 2. The number of ether oxygens (including phenoxy) is 3. The minimum absolute atomic E-state index is 0.0648. The van der Waals surface area contributed by atoms with Gasteiger partial charge in [-0.15, -0.1) is 0 Å². The predicted molar refractivity (Wildman–Crippen MR) is 139 cm³/mol. The normalized spacial score (nSPS) is 40.8. The Balaban J connectivity index is 1.38. The summed E-state index contributed by atoms with van der Waals surface area (Å²) in [5, 5.41) is 26.7. The number of allylic oxidation sites excluding steroid dienone is 4. The molecule has 10 nitrogen and oxygen atoms in total. The number of carbonyl (C=O) groups excluding carboxylic acids is 2. The number of alkyl halides is 1. The van der Waals surface area contributed by atoms with E-state index in [-0.39, 0.29) is 44.5 Å². The molecule has 3 fully saturated rings. The highest BCUT2D eigenvalue weighted by Crippen LogP contribution is 2.70. The minimum atomic E-state index is -2.01. The fraction of sp³-hybridized carbons (Fsp3) is 0.786. The smallest absolute Gasteiger partial charge is 0.190 e. The molecule has 3 saturated carbocycles. The second-order valence-corrected chi connectivity index (χ2v) is 11.8. The Morgan fingerprint density at radius 2 is 1.85 bits per heavy atom. The number of fused-ring (bicyclic) bond motifs is 5. The highest BCUT2D eigenvalue weighted by atomic mass is 19.1. The van der Waals surface area contributed by atoms with Crippen LogP contribution in [-0.2, 0) is 23.8 Å². The van der Waals surface area contributed by atoms with Crippen molar-refractivity contribution in [3.8, 4) is 0 Å². The van der Waals surface area contributed by atoms with Gasteiger partial charge in [0.15, 0.2) is 17.2 Å². The molecule has 11 heteroatoms. The molecule has 1 unspecified atom stereocenters. The number of nitrogens with zero attached hydrogens (tertiary/aromatic N) is 3. The molecule has 0 amide bonds. The summed E-state index contributed by atoms with van der Waals surface area (Å²) in [6, 6.07) is 0. The van der Waals surface area contributed by atoms with Gasteiger partial charge in [0.2, 0.25) is 0 Å². The van der Waals surface area contributed by atoms with E-state index < -0.39 is 45.8 Å². The summed E-state index contributed by atoms with van der Waals surface area (Å²) in [6.45, 7) is 6.64. The third-order valence-corrected chi connectivity index (χ3v) is 10.0. The predicted octanol–water partition coefficient (Wildman–Crippen LogP) is 3.26. The van der Waals surface area contributed by atoms with Gasteiger partial charge in [-0.3, -0.25) is 9.59 Å². The zero-order valence-electron chi connectivity index (χ0n) is 23.0. The van der Waals surface area contributed by atoms with Gasteiger partial charge in [0, 0.05) is 28.2 Å². The van der Waals surface area contributed by atoms with Crippen molar-refractivity contribution in [1.29, 1.82) is 0 Å². The van der Waals surface area contributed by atoms with Gasteiger partial charge in [0.1, 0.15) is 12.2 Å². The number of Topliss-reactive ketones (excluding diaryl/α,β-unsaturated/α-hetero) is 1. The number of azide groups is 1. The van der Waals surface area contributed by atoms with Gasteiger partial charge in [0.05, 0.1) is 39.1 Å².